The van der Waals surface area contributed by atoms with Crippen molar-refractivity contribution in [1.29, 1.82) is 0 Å². The van der Waals surface area contributed by atoms with E-state index in [4.69, 9.17) is 5.11 Å². The van der Waals surface area contributed by atoms with Crippen LogP contribution in [-0.4, -0.2) is 38.4 Å². The van der Waals surface area contributed by atoms with E-state index in [1.54, 1.807) is 0 Å². The number of rotatable bonds is 5. The van der Waals surface area contributed by atoms with Gasteiger partial charge in [0.1, 0.15) is 19.2 Å². The van der Waals surface area contributed by atoms with Crippen molar-refractivity contribution in [2.24, 2.45) is 5.92 Å². The first-order chi connectivity index (χ1) is 7.13. The zero-order chi connectivity index (χ0) is 11.3. The number of hydrogen-bond donors (Lipinski definition) is 2. The monoisotopic (exact) mass is 212 g/mol. The minimum absolute atomic E-state index is 0.0460. The predicted octanol–water partition coefficient (Wildman–Crippen LogP) is -0.589. The number of carbonyl (C=O) groups excluding carboxylic acids is 1. The van der Waals surface area contributed by atoms with E-state index in [-0.39, 0.29) is 31.0 Å². The van der Waals surface area contributed by atoms with E-state index in [1.807, 2.05) is 13.8 Å². The first-order valence-electron chi connectivity index (χ1n) is 4.86. The standard InChI is InChI=1S/C9H16N4O2/c1-7(4-14)8(2)12-9(15)3-13-6-10-5-11-13/h5-8,14H,3-4H2,1-2H3,(H,12,15). The van der Waals surface area contributed by atoms with Gasteiger partial charge in [0.25, 0.3) is 0 Å². The first kappa shape index (κ1) is 11.6. The molecule has 1 aromatic heterocycles. The van der Waals surface area contributed by atoms with E-state index < -0.39 is 0 Å². The van der Waals surface area contributed by atoms with Crippen LogP contribution in [0, 0.1) is 5.92 Å². The maximum absolute atomic E-state index is 11.5. The molecule has 0 spiro atoms. The molecule has 84 valence electrons. The van der Waals surface area contributed by atoms with Gasteiger partial charge in [-0.3, -0.25) is 4.79 Å². The van der Waals surface area contributed by atoms with E-state index in [2.05, 4.69) is 15.4 Å². The van der Waals surface area contributed by atoms with Crippen molar-refractivity contribution in [1.82, 2.24) is 20.1 Å². The third kappa shape index (κ3) is 3.67. The summed E-state index contributed by atoms with van der Waals surface area (Å²) in [6, 6.07) is -0.0500. The summed E-state index contributed by atoms with van der Waals surface area (Å²) in [6.45, 7) is 3.95. The molecule has 6 heteroatoms. The zero-order valence-electron chi connectivity index (χ0n) is 8.92. The molecule has 0 radical (unpaired) electrons. The highest BCUT2D eigenvalue weighted by molar-refractivity contribution is 5.75. The van der Waals surface area contributed by atoms with Crippen LogP contribution >= 0.6 is 0 Å². The number of hydrogen-bond acceptors (Lipinski definition) is 4. The molecule has 0 aliphatic heterocycles. The fraction of sp³-hybridized carbons (Fsp3) is 0.667. The summed E-state index contributed by atoms with van der Waals surface area (Å²) in [5, 5.41) is 15.5. The molecule has 0 aliphatic rings. The molecule has 0 saturated carbocycles. The molecule has 0 fully saturated rings. The summed E-state index contributed by atoms with van der Waals surface area (Å²) in [4.78, 5) is 15.2. The molecular weight excluding hydrogens is 196 g/mol. The van der Waals surface area contributed by atoms with Gasteiger partial charge >= 0.3 is 0 Å². The second kappa shape index (κ2) is 5.45. The van der Waals surface area contributed by atoms with Crippen LogP contribution in [0.15, 0.2) is 12.7 Å². The van der Waals surface area contributed by atoms with Gasteiger partial charge < -0.3 is 10.4 Å². The Morgan fingerprint density at radius 1 is 1.60 bits per heavy atom. The molecular formula is C9H16N4O2. The lowest BCUT2D eigenvalue weighted by atomic mass is 10.1. The number of aromatic nitrogens is 3. The van der Waals surface area contributed by atoms with Gasteiger partial charge in [0.05, 0.1) is 0 Å². The van der Waals surface area contributed by atoms with Gasteiger partial charge in [0.2, 0.25) is 5.91 Å². The van der Waals surface area contributed by atoms with Crippen molar-refractivity contribution in [2.75, 3.05) is 6.61 Å². The molecule has 1 rings (SSSR count). The highest BCUT2D eigenvalue weighted by Gasteiger charge is 2.13. The van der Waals surface area contributed by atoms with Gasteiger partial charge in [0, 0.05) is 12.6 Å². The first-order valence-corrected chi connectivity index (χ1v) is 4.86. The van der Waals surface area contributed by atoms with E-state index in [0.717, 1.165) is 0 Å². The quantitative estimate of drug-likeness (QED) is 0.683. The van der Waals surface area contributed by atoms with Crippen LogP contribution in [-0.2, 0) is 11.3 Å². The highest BCUT2D eigenvalue weighted by atomic mass is 16.3. The number of amides is 1. The third-order valence-corrected chi connectivity index (χ3v) is 2.30. The summed E-state index contributed by atoms with van der Waals surface area (Å²) in [5.74, 6) is -0.0852. The SMILES string of the molecule is CC(CO)C(C)NC(=O)Cn1cncn1. The van der Waals surface area contributed by atoms with Gasteiger partial charge in [0.15, 0.2) is 0 Å². The maximum Gasteiger partial charge on any atom is 0.242 e. The minimum atomic E-state index is -0.131. The van der Waals surface area contributed by atoms with Crippen molar-refractivity contribution < 1.29 is 9.90 Å². The average molecular weight is 212 g/mol. The number of nitrogens with zero attached hydrogens (tertiary/aromatic N) is 3. The normalized spacial score (nSPS) is 14.6. The summed E-state index contributed by atoms with van der Waals surface area (Å²) in [5.41, 5.74) is 0. The molecule has 0 bridgehead atoms. The topological polar surface area (TPSA) is 80.0 Å². The zero-order valence-corrected chi connectivity index (χ0v) is 8.92. The molecule has 2 atom stereocenters. The molecule has 6 nitrogen and oxygen atoms in total. The van der Waals surface area contributed by atoms with E-state index >= 15 is 0 Å². The van der Waals surface area contributed by atoms with Crippen LogP contribution in [0.2, 0.25) is 0 Å². The van der Waals surface area contributed by atoms with Gasteiger partial charge in [-0.15, -0.1) is 0 Å². The molecule has 2 unspecified atom stereocenters. The Labute approximate surface area is 88.3 Å². The van der Waals surface area contributed by atoms with E-state index in [0.29, 0.717) is 0 Å². The molecule has 1 heterocycles. The fourth-order valence-corrected chi connectivity index (χ4v) is 1.06. The molecule has 1 aromatic rings. The summed E-state index contributed by atoms with van der Waals surface area (Å²) in [6.07, 6.45) is 2.87. The third-order valence-electron chi connectivity index (χ3n) is 2.30. The van der Waals surface area contributed by atoms with Crippen LogP contribution in [0.5, 0.6) is 0 Å². The van der Waals surface area contributed by atoms with Gasteiger partial charge in [-0.25, -0.2) is 9.67 Å². The Kier molecular flexibility index (Phi) is 4.23. The van der Waals surface area contributed by atoms with Gasteiger partial charge in [-0.05, 0) is 12.8 Å². The number of carbonyl (C=O) groups is 1. The molecule has 0 saturated heterocycles. The molecule has 0 aromatic carbocycles. The lowest BCUT2D eigenvalue weighted by Gasteiger charge is -2.18. The fourth-order valence-electron chi connectivity index (χ4n) is 1.06. The number of aliphatic hydroxyl groups excluding tert-OH is 1. The van der Waals surface area contributed by atoms with Crippen LogP contribution in [0.1, 0.15) is 13.8 Å². The summed E-state index contributed by atoms with van der Waals surface area (Å²) >= 11 is 0. The van der Waals surface area contributed by atoms with Crippen LogP contribution < -0.4 is 5.32 Å². The van der Waals surface area contributed by atoms with Crippen molar-refractivity contribution in [3.05, 3.63) is 12.7 Å². The summed E-state index contributed by atoms with van der Waals surface area (Å²) in [7, 11) is 0. The molecule has 1 amide bonds. The Bertz CT molecular complexity index is 299. The van der Waals surface area contributed by atoms with Crippen LogP contribution in [0.25, 0.3) is 0 Å². The second-order valence-corrected chi connectivity index (χ2v) is 3.61. The smallest absolute Gasteiger partial charge is 0.242 e. The predicted molar refractivity (Wildman–Crippen MR) is 53.9 cm³/mol. The van der Waals surface area contributed by atoms with E-state index in [9.17, 15) is 4.79 Å². The minimum Gasteiger partial charge on any atom is -0.396 e. The van der Waals surface area contributed by atoms with Gasteiger partial charge in [-0.2, -0.15) is 5.10 Å². The number of aliphatic hydroxyl groups is 1. The summed E-state index contributed by atoms with van der Waals surface area (Å²) < 4.78 is 1.45. The van der Waals surface area contributed by atoms with Crippen molar-refractivity contribution >= 4 is 5.91 Å². The lowest BCUT2D eigenvalue weighted by Crippen LogP contribution is -2.40. The Balaban J connectivity index is 2.36. The maximum atomic E-state index is 11.5. The lowest BCUT2D eigenvalue weighted by molar-refractivity contribution is -0.122. The van der Waals surface area contributed by atoms with Crippen molar-refractivity contribution in [3.63, 3.8) is 0 Å². The van der Waals surface area contributed by atoms with Crippen LogP contribution in [0.4, 0.5) is 0 Å². The molecule has 15 heavy (non-hydrogen) atoms. The Morgan fingerprint density at radius 3 is 2.87 bits per heavy atom. The van der Waals surface area contributed by atoms with Crippen molar-refractivity contribution in [2.45, 2.75) is 26.4 Å². The average Bonchev–Trinajstić information content (AvgIpc) is 2.68. The molecule has 0 aliphatic carbocycles. The van der Waals surface area contributed by atoms with Crippen molar-refractivity contribution in [3.8, 4) is 0 Å². The second-order valence-electron chi connectivity index (χ2n) is 3.61. The Morgan fingerprint density at radius 2 is 2.33 bits per heavy atom. The van der Waals surface area contributed by atoms with Crippen LogP contribution in [0.3, 0.4) is 0 Å². The van der Waals surface area contributed by atoms with Gasteiger partial charge in [-0.1, -0.05) is 6.92 Å². The Hall–Kier alpha value is -1.43. The highest BCUT2D eigenvalue weighted by Crippen LogP contribution is 2.00. The molecule has 2 N–H and O–H groups in total. The number of nitrogens with one attached hydrogen (secondary N) is 1. The largest absolute Gasteiger partial charge is 0.396 e. The van der Waals surface area contributed by atoms with E-state index in [1.165, 1.54) is 17.3 Å².